The first-order valence-corrected chi connectivity index (χ1v) is 10.7. The Morgan fingerprint density at radius 2 is 1.97 bits per heavy atom. The summed E-state index contributed by atoms with van der Waals surface area (Å²) in [7, 11) is 0. The van der Waals surface area contributed by atoms with Gasteiger partial charge in [-0.1, -0.05) is 12.1 Å². The highest BCUT2D eigenvalue weighted by Gasteiger charge is 2.28. The van der Waals surface area contributed by atoms with Crippen molar-refractivity contribution in [3.63, 3.8) is 0 Å². The zero-order valence-corrected chi connectivity index (χ0v) is 17.9. The molecule has 8 heteroatoms. The van der Waals surface area contributed by atoms with Gasteiger partial charge in [0, 0.05) is 25.3 Å². The fourth-order valence-corrected chi connectivity index (χ4v) is 4.16. The number of carbonyl (C=O) groups is 1. The molecule has 0 aliphatic carbocycles. The number of nitrogens with two attached hydrogens (primary N) is 1. The van der Waals surface area contributed by atoms with E-state index in [1.165, 1.54) is 24.3 Å². The normalized spacial score (nSPS) is 19.3. The number of amidine groups is 1. The third-order valence-electron chi connectivity index (χ3n) is 5.84. The molecule has 0 aromatic heterocycles. The van der Waals surface area contributed by atoms with E-state index in [4.69, 9.17) is 15.5 Å². The van der Waals surface area contributed by atoms with Crippen molar-refractivity contribution in [1.29, 1.82) is 0 Å². The molecule has 0 bridgehead atoms. The average Bonchev–Trinajstić information content (AvgIpc) is 2.78. The van der Waals surface area contributed by atoms with Crippen LogP contribution in [0.2, 0.25) is 0 Å². The van der Waals surface area contributed by atoms with Gasteiger partial charge < -0.3 is 15.8 Å². The Kier molecular flexibility index (Phi) is 6.60. The molecular formula is C24H26F2N4O2. The predicted molar refractivity (Wildman–Crippen MR) is 119 cm³/mol. The van der Waals surface area contributed by atoms with E-state index in [-0.39, 0.29) is 29.8 Å². The molecule has 2 heterocycles. The molecule has 1 atom stereocenters. The molecule has 0 saturated carbocycles. The van der Waals surface area contributed by atoms with Crippen LogP contribution in [0.4, 0.5) is 8.78 Å². The fourth-order valence-electron chi connectivity index (χ4n) is 4.16. The van der Waals surface area contributed by atoms with Gasteiger partial charge in [0.05, 0.1) is 18.2 Å². The lowest BCUT2D eigenvalue weighted by Gasteiger charge is -2.29. The van der Waals surface area contributed by atoms with E-state index < -0.39 is 11.7 Å². The molecule has 32 heavy (non-hydrogen) atoms. The highest BCUT2D eigenvalue weighted by Crippen LogP contribution is 2.24. The second-order valence-electron chi connectivity index (χ2n) is 8.23. The van der Waals surface area contributed by atoms with Gasteiger partial charge in [-0.25, -0.2) is 8.78 Å². The summed E-state index contributed by atoms with van der Waals surface area (Å²) >= 11 is 0. The van der Waals surface area contributed by atoms with Crippen LogP contribution < -0.4 is 11.1 Å². The van der Waals surface area contributed by atoms with Gasteiger partial charge in [-0.3, -0.25) is 14.8 Å². The molecule has 0 spiro atoms. The third-order valence-corrected chi connectivity index (χ3v) is 5.84. The lowest BCUT2D eigenvalue weighted by Crippen LogP contribution is -2.37. The number of ether oxygens (including phenoxy) is 1. The zero-order chi connectivity index (χ0) is 22.7. The minimum atomic E-state index is -0.681. The van der Waals surface area contributed by atoms with Crippen molar-refractivity contribution in [3.8, 4) is 0 Å². The molecule has 1 unspecified atom stereocenters. The molecular weight excluding hydrogens is 414 g/mol. The first-order valence-electron chi connectivity index (χ1n) is 10.7. The minimum Gasteiger partial charge on any atom is -0.382 e. The molecule has 6 nitrogen and oxygen atoms in total. The van der Waals surface area contributed by atoms with Crippen molar-refractivity contribution in [1.82, 2.24) is 5.32 Å². The number of aryl methyl sites for hydroxylation is 1. The molecule has 0 radical (unpaired) electrons. The van der Waals surface area contributed by atoms with Crippen LogP contribution in [0.3, 0.4) is 0 Å². The van der Waals surface area contributed by atoms with E-state index >= 15 is 0 Å². The van der Waals surface area contributed by atoms with Gasteiger partial charge in [-0.15, -0.1) is 0 Å². The van der Waals surface area contributed by atoms with E-state index in [2.05, 4.69) is 10.3 Å². The number of benzene rings is 2. The molecule has 1 amide bonds. The summed E-state index contributed by atoms with van der Waals surface area (Å²) < 4.78 is 33.8. The molecule has 168 valence electrons. The first-order chi connectivity index (χ1) is 15.4. The third kappa shape index (κ3) is 5.02. The van der Waals surface area contributed by atoms with Gasteiger partial charge in [0.2, 0.25) is 0 Å². The molecule has 2 aliphatic rings. The fraction of sp³-hybridized carbons (Fsp3) is 0.375. The van der Waals surface area contributed by atoms with E-state index in [1.54, 1.807) is 19.1 Å². The Balaban J connectivity index is 1.48. The highest BCUT2D eigenvalue weighted by atomic mass is 19.1. The van der Waals surface area contributed by atoms with Crippen LogP contribution in [0.5, 0.6) is 0 Å². The van der Waals surface area contributed by atoms with Crippen molar-refractivity contribution >= 4 is 17.5 Å². The van der Waals surface area contributed by atoms with Crippen LogP contribution >= 0.6 is 0 Å². The number of nitrogens with zero attached hydrogens (tertiary/aromatic N) is 2. The maximum absolute atomic E-state index is 14.8. The largest absolute Gasteiger partial charge is 0.382 e. The minimum absolute atomic E-state index is 0.0121. The van der Waals surface area contributed by atoms with E-state index in [0.29, 0.717) is 42.5 Å². The number of amides is 1. The van der Waals surface area contributed by atoms with Crippen molar-refractivity contribution < 1.29 is 18.3 Å². The van der Waals surface area contributed by atoms with Crippen LogP contribution in [0.1, 0.15) is 39.9 Å². The second-order valence-corrected chi connectivity index (χ2v) is 8.23. The second kappa shape index (κ2) is 9.56. The topological polar surface area (TPSA) is 89.1 Å². The number of rotatable bonds is 5. The van der Waals surface area contributed by atoms with Crippen LogP contribution in [0, 0.1) is 24.5 Å². The summed E-state index contributed by atoms with van der Waals surface area (Å²) in [5.41, 5.74) is 8.23. The number of halogens is 2. The molecule has 2 aromatic rings. The maximum Gasteiger partial charge on any atom is 0.254 e. The van der Waals surface area contributed by atoms with Gasteiger partial charge in [0.25, 0.3) is 5.91 Å². The summed E-state index contributed by atoms with van der Waals surface area (Å²) in [5, 5.41) is 2.63. The Morgan fingerprint density at radius 3 is 2.69 bits per heavy atom. The number of nitrogens with one attached hydrogen (secondary N) is 1. The molecule has 4 rings (SSSR count). The van der Waals surface area contributed by atoms with E-state index in [0.717, 1.165) is 18.4 Å². The van der Waals surface area contributed by atoms with Crippen LogP contribution in [0.25, 0.3) is 0 Å². The quantitative estimate of drug-likeness (QED) is 0.749. The SMILES string of the molecule is Cc1cc(F)cc(CNC(=O)c2ccc(C3=NC(C4CCOCC4)CN=C3N)cc2F)c1. The summed E-state index contributed by atoms with van der Waals surface area (Å²) in [6.07, 6.45) is 1.82. The maximum atomic E-state index is 14.8. The van der Waals surface area contributed by atoms with Gasteiger partial charge in [0.1, 0.15) is 23.2 Å². The average molecular weight is 440 g/mol. The van der Waals surface area contributed by atoms with Gasteiger partial charge in [-0.05, 0) is 61.1 Å². The predicted octanol–water partition coefficient (Wildman–Crippen LogP) is 3.16. The van der Waals surface area contributed by atoms with Crippen molar-refractivity contribution in [2.75, 3.05) is 19.8 Å². The molecule has 2 aromatic carbocycles. The Bertz CT molecular complexity index is 1060. The summed E-state index contributed by atoms with van der Waals surface area (Å²) in [4.78, 5) is 21.7. The lowest BCUT2D eigenvalue weighted by molar-refractivity contribution is 0.0595. The van der Waals surface area contributed by atoms with Gasteiger partial charge >= 0.3 is 0 Å². The lowest BCUT2D eigenvalue weighted by atomic mass is 9.91. The standard InChI is InChI=1S/C24H26F2N4O2/c1-14-8-15(10-18(25)9-14)12-29-24(31)19-3-2-17(11-20(19)26)22-23(27)28-13-21(30-22)16-4-6-32-7-5-16/h2-3,8-11,16,21H,4-7,12-13H2,1H3,(H2,27,28)(H,29,31). The molecule has 3 N–H and O–H groups in total. The van der Waals surface area contributed by atoms with Crippen LogP contribution in [0.15, 0.2) is 46.4 Å². The Morgan fingerprint density at radius 1 is 1.19 bits per heavy atom. The monoisotopic (exact) mass is 440 g/mol. The van der Waals surface area contributed by atoms with Crippen LogP contribution in [-0.2, 0) is 11.3 Å². The first kappa shape index (κ1) is 22.1. The van der Waals surface area contributed by atoms with Crippen molar-refractivity contribution in [2.45, 2.75) is 32.4 Å². The van der Waals surface area contributed by atoms with Gasteiger partial charge in [-0.2, -0.15) is 0 Å². The number of carbonyl (C=O) groups excluding carboxylic acids is 1. The van der Waals surface area contributed by atoms with E-state index in [1.807, 2.05) is 0 Å². The number of hydrogen-bond acceptors (Lipinski definition) is 5. The number of aliphatic imine (C=N–C) groups is 2. The van der Waals surface area contributed by atoms with Gasteiger partial charge in [0.15, 0.2) is 0 Å². The summed E-state index contributed by atoms with van der Waals surface area (Å²) in [6.45, 7) is 3.79. The van der Waals surface area contributed by atoms with E-state index in [9.17, 15) is 13.6 Å². The molecule has 2 aliphatic heterocycles. The number of hydrogen-bond donors (Lipinski definition) is 2. The highest BCUT2D eigenvalue weighted by molar-refractivity contribution is 6.47. The summed E-state index contributed by atoms with van der Waals surface area (Å²) in [6, 6.07) is 8.78. The zero-order valence-electron chi connectivity index (χ0n) is 17.9. The van der Waals surface area contributed by atoms with Crippen molar-refractivity contribution in [3.05, 3.63) is 70.3 Å². The molecule has 1 saturated heterocycles. The summed E-state index contributed by atoms with van der Waals surface area (Å²) in [5.74, 6) is -1.01. The van der Waals surface area contributed by atoms with Crippen LogP contribution in [-0.4, -0.2) is 43.3 Å². The smallest absolute Gasteiger partial charge is 0.254 e. The molecule has 1 fully saturated rings. The Hall–Kier alpha value is -3.13. The van der Waals surface area contributed by atoms with Crippen molar-refractivity contribution in [2.24, 2.45) is 21.6 Å². The Labute approximate surface area is 185 Å².